The molecule has 1 atom stereocenters. The van der Waals surface area contributed by atoms with Crippen LogP contribution in [0.5, 0.6) is 0 Å². The van der Waals surface area contributed by atoms with Crippen molar-refractivity contribution in [2.24, 2.45) is 7.05 Å². The van der Waals surface area contributed by atoms with E-state index in [0.29, 0.717) is 6.04 Å². The van der Waals surface area contributed by atoms with Gasteiger partial charge in [-0.15, -0.1) is 0 Å². The molecule has 0 amide bonds. The van der Waals surface area contributed by atoms with Crippen LogP contribution in [-0.2, 0) is 19.9 Å². The molecule has 102 valence electrons. The summed E-state index contributed by atoms with van der Waals surface area (Å²) in [5.41, 5.74) is 3.93. The van der Waals surface area contributed by atoms with Gasteiger partial charge in [0, 0.05) is 24.8 Å². The first-order valence-corrected chi connectivity index (χ1v) is 6.98. The van der Waals surface area contributed by atoms with Gasteiger partial charge in [-0.1, -0.05) is 37.3 Å². The average Bonchev–Trinajstić information content (AvgIpc) is 2.82. The van der Waals surface area contributed by atoms with Gasteiger partial charge in [0.2, 0.25) is 0 Å². The van der Waals surface area contributed by atoms with E-state index in [2.05, 4.69) is 53.9 Å². The molecule has 0 bridgehead atoms. The maximum atomic E-state index is 4.53. The number of benzene rings is 1. The number of hydrogen-bond donors (Lipinski definition) is 1. The van der Waals surface area contributed by atoms with E-state index >= 15 is 0 Å². The van der Waals surface area contributed by atoms with E-state index in [1.54, 1.807) is 0 Å². The fourth-order valence-electron chi connectivity index (χ4n) is 2.53. The van der Waals surface area contributed by atoms with E-state index in [0.717, 1.165) is 19.3 Å². The van der Waals surface area contributed by atoms with Gasteiger partial charge in [0.25, 0.3) is 0 Å². The minimum atomic E-state index is 0.379. The summed E-state index contributed by atoms with van der Waals surface area (Å²) >= 11 is 0. The summed E-state index contributed by atoms with van der Waals surface area (Å²) in [7, 11) is 4.02. The fraction of sp³-hybridized carbons (Fsp3) is 0.438. The average molecular weight is 257 g/mol. The smallest absolute Gasteiger partial charge is 0.0669 e. The largest absolute Gasteiger partial charge is 0.313 e. The zero-order chi connectivity index (χ0) is 13.7. The molecule has 1 aromatic carbocycles. The van der Waals surface area contributed by atoms with E-state index in [1.165, 1.54) is 16.8 Å². The highest BCUT2D eigenvalue weighted by molar-refractivity contribution is 5.22. The van der Waals surface area contributed by atoms with E-state index in [1.807, 2.05) is 18.8 Å². The van der Waals surface area contributed by atoms with Gasteiger partial charge >= 0.3 is 0 Å². The van der Waals surface area contributed by atoms with Gasteiger partial charge in [-0.25, -0.2) is 0 Å². The van der Waals surface area contributed by atoms with Crippen LogP contribution < -0.4 is 5.32 Å². The predicted octanol–water partition coefficient (Wildman–Crippen LogP) is 2.88. The number of nitrogens with one attached hydrogen (secondary N) is 1. The number of aromatic nitrogens is 2. The number of aryl methyl sites for hydroxylation is 3. The van der Waals surface area contributed by atoms with Gasteiger partial charge < -0.3 is 5.32 Å². The summed E-state index contributed by atoms with van der Waals surface area (Å²) in [6.45, 7) is 2.16. The van der Waals surface area contributed by atoms with Crippen LogP contribution >= 0.6 is 0 Å². The highest BCUT2D eigenvalue weighted by Gasteiger charge is 2.15. The molecular weight excluding hydrogens is 234 g/mol. The molecule has 3 nitrogen and oxygen atoms in total. The Bertz CT molecular complexity index is 502. The van der Waals surface area contributed by atoms with Crippen molar-refractivity contribution in [1.82, 2.24) is 15.1 Å². The van der Waals surface area contributed by atoms with Gasteiger partial charge in [0.1, 0.15) is 0 Å². The SMILES string of the molecule is CCc1nn(C)cc1C(CCc1ccccc1)NC. The molecular formula is C16H23N3. The van der Waals surface area contributed by atoms with Gasteiger partial charge in [-0.05, 0) is 31.9 Å². The van der Waals surface area contributed by atoms with E-state index in [-0.39, 0.29) is 0 Å². The van der Waals surface area contributed by atoms with E-state index in [4.69, 9.17) is 0 Å². The van der Waals surface area contributed by atoms with E-state index < -0.39 is 0 Å². The molecule has 19 heavy (non-hydrogen) atoms. The maximum absolute atomic E-state index is 4.53. The number of rotatable bonds is 6. The van der Waals surface area contributed by atoms with Crippen LogP contribution in [0.2, 0.25) is 0 Å². The molecule has 0 radical (unpaired) electrons. The number of hydrogen-bond acceptors (Lipinski definition) is 2. The monoisotopic (exact) mass is 257 g/mol. The van der Waals surface area contributed by atoms with Crippen molar-refractivity contribution < 1.29 is 0 Å². The molecule has 1 heterocycles. The second-order valence-electron chi connectivity index (χ2n) is 4.92. The Balaban J connectivity index is 2.07. The van der Waals surface area contributed by atoms with Crippen LogP contribution in [-0.4, -0.2) is 16.8 Å². The quantitative estimate of drug-likeness (QED) is 0.862. The highest BCUT2D eigenvalue weighted by atomic mass is 15.3. The molecule has 0 saturated heterocycles. The Morgan fingerprint density at radius 2 is 2.00 bits per heavy atom. The van der Waals surface area contributed by atoms with Crippen LogP contribution in [0.1, 0.15) is 36.2 Å². The number of nitrogens with zero attached hydrogens (tertiary/aromatic N) is 2. The summed E-state index contributed by atoms with van der Waals surface area (Å²) in [4.78, 5) is 0. The molecule has 0 fully saturated rings. The summed E-state index contributed by atoms with van der Waals surface area (Å²) in [5, 5.41) is 7.95. The Kier molecular flexibility index (Phi) is 4.74. The maximum Gasteiger partial charge on any atom is 0.0669 e. The molecule has 0 saturated carbocycles. The third-order valence-corrected chi connectivity index (χ3v) is 3.56. The minimum Gasteiger partial charge on any atom is -0.313 e. The first-order valence-electron chi connectivity index (χ1n) is 6.98. The van der Waals surface area contributed by atoms with Crippen molar-refractivity contribution in [3.8, 4) is 0 Å². The Hall–Kier alpha value is -1.61. The lowest BCUT2D eigenvalue weighted by Crippen LogP contribution is -2.18. The Morgan fingerprint density at radius 1 is 1.26 bits per heavy atom. The predicted molar refractivity (Wildman–Crippen MR) is 79.1 cm³/mol. The molecule has 0 spiro atoms. The van der Waals surface area contributed by atoms with Crippen LogP contribution in [0.4, 0.5) is 0 Å². The lowest BCUT2D eigenvalue weighted by molar-refractivity contribution is 0.545. The molecule has 0 aliphatic heterocycles. The normalized spacial score (nSPS) is 12.6. The van der Waals surface area contributed by atoms with Crippen molar-refractivity contribution in [3.63, 3.8) is 0 Å². The van der Waals surface area contributed by atoms with Crippen LogP contribution in [0.15, 0.2) is 36.5 Å². The van der Waals surface area contributed by atoms with Crippen molar-refractivity contribution >= 4 is 0 Å². The van der Waals surface area contributed by atoms with E-state index in [9.17, 15) is 0 Å². The topological polar surface area (TPSA) is 29.9 Å². The van der Waals surface area contributed by atoms with Crippen molar-refractivity contribution in [2.75, 3.05) is 7.05 Å². The third-order valence-electron chi connectivity index (χ3n) is 3.56. The summed E-state index contributed by atoms with van der Waals surface area (Å²) in [6, 6.07) is 11.0. The van der Waals surface area contributed by atoms with Crippen molar-refractivity contribution in [2.45, 2.75) is 32.2 Å². The highest BCUT2D eigenvalue weighted by Crippen LogP contribution is 2.22. The van der Waals surface area contributed by atoms with Crippen LogP contribution in [0.25, 0.3) is 0 Å². The van der Waals surface area contributed by atoms with Gasteiger partial charge in [-0.3, -0.25) is 4.68 Å². The standard InChI is InChI=1S/C16H23N3/c1-4-15-14(12-19(3)18-15)16(17-2)11-10-13-8-6-5-7-9-13/h5-9,12,16-17H,4,10-11H2,1-3H3. The first kappa shape index (κ1) is 13.8. The molecule has 2 aromatic rings. The first-order chi connectivity index (χ1) is 9.24. The van der Waals surface area contributed by atoms with Crippen molar-refractivity contribution in [1.29, 1.82) is 0 Å². The molecule has 1 unspecified atom stereocenters. The third kappa shape index (κ3) is 3.44. The zero-order valence-electron chi connectivity index (χ0n) is 12.1. The Labute approximate surface area is 115 Å². The summed E-state index contributed by atoms with van der Waals surface area (Å²) in [5.74, 6) is 0. The molecule has 0 aliphatic rings. The molecule has 0 aliphatic carbocycles. The second kappa shape index (κ2) is 6.53. The zero-order valence-corrected chi connectivity index (χ0v) is 12.1. The summed E-state index contributed by atoms with van der Waals surface area (Å²) < 4.78 is 1.92. The Morgan fingerprint density at radius 3 is 2.63 bits per heavy atom. The van der Waals surface area contributed by atoms with Gasteiger partial charge in [0.15, 0.2) is 0 Å². The lowest BCUT2D eigenvalue weighted by atomic mass is 9.99. The van der Waals surface area contributed by atoms with Crippen molar-refractivity contribution in [3.05, 3.63) is 53.3 Å². The molecule has 3 heteroatoms. The fourth-order valence-corrected chi connectivity index (χ4v) is 2.53. The van der Waals surface area contributed by atoms with Gasteiger partial charge in [-0.2, -0.15) is 5.10 Å². The van der Waals surface area contributed by atoms with Crippen LogP contribution in [0.3, 0.4) is 0 Å². The molecule has 1 aromatic heterocycles. The lowest BCUT2D eigenvalue weighted by Gasteiger charge is -2.16. The van der Waals surface area contributed by atoms with Crippen LogP contribution in [0, 0.1) is 0 Å². The minimum absolute atomic E-state index is 0.379. The summed E-state index contributed by atoms with van der Waals surface area (Å²) in [6.07, 6.45) is 5.31. The molecule has 2 rings (SSSR count). The molecule has 1 N–H and O–H groups in total. The second-order valence-corrected chi connectivity index (χ2v) is 4.92. The van der Waals surface area contributed by atoms with Gasteiger partial charge in [0.05, 0.1) is 5.69 Å².